The molecule has 2 fully saturated rings. The lowest BCUT2D eigenvalue weighted by atomic mass is 10.0. The molecule has 1 heterocycles. The van der Waals surface area contributed by atoms with Crippen LogP contribution in [0.15, 0.2) is 0 Å². The normalized spacial score (nSPS) is 22.5. The summed E-state index contributed by atoms with van der Waals surface area (Å²) in [6.07, 6.45) is 2.23. The molecule has 4 nitrogen and oxygen atoms in total. The Balaban J connectivity index is 1.88. The number of amides is 1. The molecular weight excluding hydrogens is 168 g/mol. The average molecular weight is 184 g/mol. The summed E-state index contributed by atoms with van der Waals surface area (Å²) in [5, 5.41) is 11.9. The highest BCUT2D eigenvalue weighted by Crippen LogP contribution is 2.28. The maximum atomic E-state index is 11.8. The molecular formula is C9H16N2O2. The van der Waals surface area contributed by atoms with Crippen LogP contribution in [0.5, 0.6) is 0 Å². The molecule has 0 aromatic carbocycles. The van der Waals surface area contributed by atoms with Gasteiger partial charge in [-0.2, -0.15) is 0 Å². The van der Waals surface area contributed by atoms with E-state index in [2.05, 4.69) is 5.32 Å². The summed E-state index contributed by atoms with van der Waals surface area (Å²) in [7, 11) is 0. The average Bonchev–Trinajstić information content (AvgIpc) is 2.79. The van der Waals surface area contributed by atoms with E-state index in [1.165, 1.54) is 0 Å². The molecule has 74 valence electrons. The fraction of sp³-hybridized carbons (Fsp3) is 0.889. The molecule has 0 aromatic heterocycles. The molecule has 2 N–H and O–H groups in total. The number of nitrogens with zero attached hydrogens (tertiary/aromatic N) is 1. The summed E-state index contributed by atoms with van der Waals surface area (Å²) in [6, 6.07) is 0.431. The van der Waals surface area contributed by atoms with Gasteiger partial charge in [0.05, 0.1) is 12.5 Å². The second kappa shape index (κ2) is 3.64. The first-order valence-corrected chi connectivity index (χ1v) is 4.95. The fourth-order valence-electron chi connectivity index (χ4n) is 1.66. The minimum Gasteiger partial charge on any atom is -0.395 e. The van der Waals surface area contributed by atoms with E-state index in [1.807, 2.05) is 4.90 Å². The van der Waals surface area contributed by atoms with Crippen molar-refractivity contribution in [1.82, 2.24) is 10.2 Å². The maximum Gasteiger partial charge on any atom is 0.228 e. The molecule has 1 amide bonds. The Labute approximate surface area is 77.9 Å². The quantitative estimate of drug-likeness (QED) is 0.601. The number of aliphatic hydroxyl groups excluding tert-OH is 1. The van der Waals surface area contributed by atoms with Crippen molar-refractivity contribution in [1.29, 1.82) is 0 Å². The third kappa shape index (κ3) is 1.84. The molecule has 0 radical (unpaired) electrons. The number of carbonyl (C=O) groups excluding carboxylic acids is 1. The minimum absolute atomic E-state index is 0.0857. The van der Waals surface area contributed by atoms with Crippen LogP contribution in [0, 0.1) is 5.92 Å². The Hall–Kier alpha value is -0.610. The third-order valence-corrected chi connectivity index (χ3v) is 2.74. The van der Waals surface area contributed by atoms with Crippen LogP contribution in [0.1, 0.15) is 12.8 Å². The first-order valence-electron chi connectivity index (χ1n) is 4.95. The zero-order valence-electron chi connectivity index (χ0n) is 7.70. The number of nitrogens with one attached hydrogen (secondary N) is 1. The molecule has 4 heteroatoms. The minimum atomic E-state index is 0.0857. The lowest BCUT2D eigenvalue weighted by Crippen LogP contribution is -2.53. The van der Waals surface area contributed by atoms with Gasteiger partial charge in [0.2, 0.25) is 5.91 Å². The van der Waals surface area contributed by atoms with Crippen LogP contribution in [-0.2, 0) is 4.79 Å². The van der Waals surface area contributed by atoms with E-state index in [9.17, 15) is 4.79 Å². The number of carbonyl (C=O) groups is 1. The summed E-state index contributed by atoms with van der Waals surface area (Å²) < 4.78 is 0. The zero-order chi connectivity index (χ0) is 9.26. The molecule has 0 spiro atoms. The van der Waals surface area contributed by atoms with Crippen molar-refractivity contribution >= 4 is 5.91 Å². The Morgan fingerprint density at radius 3 is 2.54 bits per heavy atom. The smallest absolute Gasteiger partial charge is 0.228 e. The number of hydrogen-bond acceptors (Lipinski definition) is 3. The van der Waals surface area contributed by atoms with Crippen LogP contribution in [0.25, 0.3) is 0 Å². The van der Waals surface area contributed by atoms with Gasteiger partial charge in [0.1, 0.15) is 0 Å². The van der Waals surface area contributed by atoms with Crippen LogP contribution in [0.3, 0.4) is 0 Å². The summed E-state index contributed by atoms with van der Waals surface area (Å²) in [5.74, 6) is 0.405. The first kappa shape index (κ1) is 8.97. The summed E-state index contributed by atoms with van der Waals surface area (Å²) in [4.78, 5) is 13.6. The third-order valence-electron chi connectivity index (χ3n) is 2.74. The van der Waals surface area contributed by atoms with Gasteiger partial charge in [0.25, 0.3) is 0 Å². The van der Waals surface area contributed by atoms with E-state index in [1.54, 1.807) is 0 Å². The molecule has 0 bridgehead atoms. The monoisotopic (exact) mass is 184 g/mol. The Kier molecular flexibility index (Phi) is 2.51. The van der Waals surface area contributed by atoms with E-state index < -0.39 is 0 Å². The van der Waals surface area contributed by atoms with Crippen molar-refractivity contribution < 1.29 is 9.90 Å². The maximum absolute atomic E-state index is 11.8. The molecule has 0 aromatic rings. The van der Waals surface area contributed by atoms with Crippen LogP contribution < -0.4 is 5.32 Å². The molecule has 0 atom stereocenters. The molecule has 1 aliphatic heterocycles. The molecule has 13 heavy (non-hydrogen) atoms. The Bertz CT molecular complexity index is 200. The second-order valence-corrected chi connectivity index (χ2v) is 3.84. The van der Waals surface area contributed by atoms with Gasteiger partial charge in [-0.15, -0.1) is 0 Å². The Morgan fingerprint density at radius 2 is 2.15 bits per heavy atom. The van der Waals surface area contributed by atoms with Gasteiger partial charge >= 0.3 is 0 Å². The highest BCUT2D eigenvalue weighted by atomic mass is 16.3. The largest absolute Gasteiger partial charge is 0.395 e. The zero-order valence-corrected chi connectivity index (χ0v) is 7.70. The van der Waals surface area contributed by atoms with Gasteiger partial charge < -0.3 is 15.3 Å². The van der Waals surface area contributed by atoms with Gasteiger partial charge in [-0.05, 0) is 12.8 Å². The summed E-state index contributed by atoms with van der Waals surface area (Å²) >= 11 is 0. The van der Waals surface area contributed by atoms with Gasteiger partial charge in [-0.25, -0.2) is 0 Å². The van der Waals surface area contributed by atoms with Crippen LogP contribution in [-0.4, -0.2) is 48.2 Å². The number of rotatable bonds is 4. The molecule has 0 unspecified atom stereocenters. The lowest BCUT2D eigenvalue weighted by Gasteiger charge is -2.32. The highest BCUT2D eigenvalue weighted by Gasteiger charge is 2.37. The van der Waals surface area contributed by atoms with Crippen molar-refractivity contribution in [2.75, 3.05) is 26.2 Å². The standard InChI is InChI=1S/C9H16N2O2/c12-4-3-11(8-1-2-8)9(13)7-5-10-6-7/h7-8,10,12H,1-6H2. The van der Waals surface area contributed by atoms with E-state index in [-0.39, 0.29) is 18.4 Å². The van der Waals surface area contributed by atoms with Crippen molar-refractivity contribution in [3.8, 4) is 0 Å². The lowest BCUT2D eigenvalue weighted by molar-refractivity contribution is -0.138. The molecule has 2 aliphatic rings. The number of hydrogen-bond donors (Lipinski definition) is 2. The van der Waals surface area contributed by atoms with Crippen molar-refractivity contribution in [3.63, 3.8) is 0 Å². The SMILES string of the molecule is O=C(C1CNC1)N(CCO)C1CC1. The van der Waals surface area contributed by atoms with Crippen LogP contribution >= 0.6 is 0 Å². The van der Waals surface area contributed by atoms with Gasteiger partial charge in [-0.1, -0.05) is 0 Å². The predicted octanol–water partition coefficient (Wildman–Crippen LogP) is -0.811. The van der Waals surface area contributed by atoms with Crippen LogP contribution in [0.2, 0.25) is 0 Å². The fourth-order valence-corrected chi connectivity index (χ4v) is 1.66. The summed E-state index contributed by atoms with van der Waals surface area (Å²) in [5.41, 5.74) is 0. The van der Waals surface area contributed by atoms with E-state index in [0.717, 1.165) is 25.9 Å². The summed E-state index contributed by atoms with van der Waals surface area (Å²) in [6.45, 7) is 2.23. The van der Waals surface area contributed by atoms with Crippen molar-refractivity contribution in [3.05, 3.63) is 0 Å². The van der Waals surface area contributed by atoms with Gasteiger partial charge in [0, 0.05) is 25.7 Å². The van der Waals surface area contributed by atoms with Gasteiger partial charge in [0.15, 0.2) is 0 Å². The van der Waals surface area contributed by atoms with E-state index in [0.29, 0.717) is 12.6 Å². The second-order valence-electron chi connectivity index (χ2n) is 3.84. The van der Waals surface area contributed by atoms with E-state index in [4.69, 9.17) is 5.11 Å². The van der Waals surface area contributed by atoms with Gasteiger partial charge in [-0.3, -0.25) is 4.79 Å². The molecule has 1 saturated carbocycles. The first-order chi connectivity index (χ1) is 6.33. The highest BCUT2D eigenvalue weighted by molar-refractivity contribution is 5.80. The van der Waals surface area contributed by atoms with Crippen molar-refractivity contribution in [2.24, 2.45) is 5.92 Å². The predicted molar refractivity (Wildman–Crippen MR) is 48.2 cm³/mol. The van der Waals surface area contributed by atoms with Crippen molar-refractivity contribution in [2.45, 2.75) is 18.9 Å². The molecule has 2 rings (SSSR count). The van der Waals surface area contributed by atoms with Crippen LogP contribution in [0.4, 0.5) is 0 Å². The topological polar surface area (TPSA) is 52.6 Å². The van der Waals surface area contributed by atoms with E-state index >= 15 is 0 Å². The molecule has 1 aliphatic carbocycles. The Morgan fingerprint density at radius 1 is 1.46 bits per heavy atom. The molecule has 1 saturated heterocycles. The number of aliphatic hydroxyl groups is 1.